The van der Waals surface area contributed by atoms with Gasteiger partial charge in [-0.1, -0.05) is 31.5 Å². The number of hydrogen-bond donors (Lipinski definition) is 3. The van der Waals surface area contributed by atoms with Crippen LogP contribution in [0.3, 0.4) is 0 Å². The third-order valence-corrected chi connectivity index (χ3v) is 6.42. The zero-order chi connectivity index (χ0) is 23.8. The van der Waals surface area contributed by atoms with Gasteiger partial charge >= 0.3 is 5.97 Å². The van der Waals surface area contributed by atoms with E-state index < -0.39 is 17.4 Å². The Kier molecular flexibility index (Phi) is 6.26. The minimum atomic E-state index is -1.10. The van der Waals surface area contributed by atoms with Gasteiger partial charge in [0.25, 0.3) is 0 Å². The quantitative estimate of drug-likeness (QED) is 0.580. The number of ether oxygens (including phenoxy) is 1. The first-order chi connectivity index (χ1) is 15.7. The predicted molar refractivity (Wildman–Crippen MR) is 127 cm³/mol. The van der Waals surface area contributed by atoms with Gasteiger partial charge in [-0.3, -0.25) is 14.9 Å². The van der Waals surface area contributed by atoms with Crippen molar-refractivity contribution in [2.24, 2.45) is 11.8 Å². The monoisotopic (exact) mass is 449 g/mol. The topological polar surface area (TPSA) is 96.5 Å². The van der Waals surface area contributed by atoms with E-state index in [2.05, 4.69) is 29.8 Å². The summed E-state index contributed by atoms with van der Waals surface area (Å²) >= 11 is 0. The lowest BCUT2D eigenvalue weighted by Crippen LogP contribution is -2.52. The number of aryl methyl sites for hydroxylation is 1. The Labute approximate surface area is 194 Å². The molecule has 174 valence electrons. The van der Waals surface area contributed by atoms with Crippen molar-refractivity contribution in [1.29, 1.82) is 0 Å². The van der Waals surface area contributed by atoms with Crippen molar-refractivity contribution in [3.63, 3.8) is 0 Å². The number of benzene rings is 2. The second-order valence-electron chi connectivity index (χ2n) is 9.36. The van der Waals surface area contributed by atoms with E-state index in [-0.39, 0.29) is 17.9 Å². The van der Waals surface area contributed by atoms with Crippen molar-refractivity contribution >= 4 is 29.2 Å². The second kappa shape index (κ2) is 8.98. The number of carbonyl (C=O) groups excluding carboxylic acids is 3. The van der Waals surface area contributed by atoms with Crippen LogP contribution in [0.2, 0.25) is 0 Å². The zero-order valence-electron chi connectivity index (χ0n) is 19.5. The molecule has 33 heavy (non-hydrogen) atoms. The van der Waals surface area contributed by atoms with E-state index in [4.69, 9.17) is 4.74 Å². The van der Waals surface area contributed by atoms with Crippen LogP contribution in [-0.2, 0) is 19.9 Å². The predicted octanol–water partition coefficient (Wildman–Crippen LogP) is 3.98. The Balaban J connectivity index is 1.63. The molecule has 2 heterocycles. The molecule has 0 bridgehead atoms. The molecule has 3 N–H and O–H groups in total. The van der Waals surface area contributed by atoms with E-state index in [9.17, 15) is 14.4 Å². The van der Waals surface area contributed by atoms with Crippen molar-refractivity contribution in [2.45, 2.75) is 52.1 Å². The largest absolute Gasteiger partial charge is 0.462 e. The van der Waals surface area contributed by atoms with Crippen molar-refractivity contribution in [3.8, 4) is 0 Å². The minimum Gasteiger partial charge on any atom is -0.462 e. The van der Waals surface area contributed by atoms with Crippen LogP contribution in [-0.4, -0.2) is 30.4 Å². The highest BCUT2D eigenvalue weighted by atomic mass is 16.5. The number of amides is 2. The number of carbonyl (C=O) groups is 3. The number of esters is 1. The van der Waals surface area contributed by atoms with Crippen LogP contribution >= 0.6 is 0 Å². The highest BCUT2D eigenvalue weighted by Gasteiger charge is 2.60. The molecule has 4 rings (SSSR count). The molecule has 3 atom stereocenters. The van der Waals surface area contributed by atoms with Crippen molar-refractivity contribution in [3.05, 3.63) is 59.2 Å². The number of anilines is 2. The van der Waals surface area contributed by atoms with Gasteiger partial charge in [-0.25, -0.2) is 4.79 Å². The van der Waals surface area contributed by atoms with Crippen LogP contribution in [0.4, 0.5) is 11.4 Å². The highest BCUT2D eigenvalue weighted by Crippen LogP contribution is 2.48. The first-order valence-corrected chi connectivity index (χ1v) is 11.5. The van der Waals surface area contributed by atoms with Crippen molar-refractivity contribution in [1.82, 2.24) is 5.32 Å². The van der Waals surface area contributed by atoms with Crippen LogP contribution in [0.5, 0.6) is 0 Å². The molecule has 1 fully saturated rings. The van der Waals surface area contributed by atoms with Gasteiger partial charge in [-0.2, -0.15) is 0 Å². The molecule has 7 nitrogen and oxygen atoms in total. The van der Waals surface area contributed by atoms with E-state index in [1.807, 2.05) is 25.1 Å². The molecule has 7 heteroatoms. The molecule has 2 aliphatic heterocycles. The molecule has 1 saturated heterocycles. The molecule has 2 amide bonds. The van der Waals surface area contributed by atoms with Gasteiger partial charge in [0.15, 0.2) is 0 Å². The molecule has 1 spiro atoms. The number of nitrogens with one attached hydrogen (secondary N) is 3. The molecule has 2 aliphatic rings. The van der Waals surface area contributed by atoms with Gasteiger partial charge in [0.2, 0.25) is 11.8 Å². The minimum absolute atomic E-state index is 0.0455. The fourth-order valence-electron chi connectivity index (χ4n) is 5.03. The normalized spacial score (nSPS) is 23.5. The number of fused-ring (bicyclic) bond motifs is 2. The smallest absolute Gasteiger partial charge is 0.338 e. The standard InChI is InChI=1S/C26H31N3O4/c1-5-33-24(31)17-7-9-18(10-8-17)27-23(30)21-14-19(12-15(2)3)29-26(21)20-13-16(4)6-11-22(20)28-25(26)32/h6-11,13,15,19,21,29H,5,12,14H2,1-4H3,(H,27,30)(H,28,32). The summed E-state index contributed by atoms with van der Waals surface area (Å²) in [5.74, 6) is -0.956. The Morgan fingerprint density at radius 3 is 2.58 bits per heavy atom. The molecular formula is C26H31N3O4. The SMILES string of the molecule is CCOC(=O)c1ccc(NC(=O)C2CC(CC(C)C)NC23C(=O)Nc2ccc(C)cc23)cc1. The lowest BCUT2D eigenvalue weighted by molar-refractivity contribution is -0.130. The van der Waals surface area contributed by atoms with Gasteiger partial charge in [0.05, 0.1) is 18.1 Å². The molecular weight excluding hydrogens is 418 g/mol. The van der Waals surface area contributed by atoms with Gasteiger partial charge in [-0.05, 0) is 62.9 Å². The van der Waals surface area contributed by atoms with Gasteiger partial charge in [0.1, 0.15) is 5.54 Å². The van der Waals surface area contributed by atoms with Crippen LogP contribution in [0.25, 0.3) is 0 Å². The molecule has 0 aliphatic carbocycles. The van der Waals surface area contributed by atoms with E-state index in [0.29, 0.717) is 30.2 Å². The Morgan fingerprint density at radius 1 is 1.18 bits per heavy atom. The van der Waals surface area contributed by atoms with E-state index in [1.54, 1.807) is 31.2 Å². The maximum atomic E-state index is 13.5. The summed E-state index contributed by atoms with van der Waals surface area (Å²) in [6.07, 6.45) is 1.43. The molecule has 0 aromatic heterocycles. The molecule has 0 saturated carbocycles. The first-order valence-electron chi connectivity index (χ1n) is 11.5. The molecule has 3 unspecified atom stereocenters. The lowest BCUT2D eigenvalue weighted by Gasteiger charge is -2.29. The lowest BCUT2D eigenvalue weighted by atomic mass is 9.79. The summed E-state index contributed by atoms with van der Waals surface area (Å²) in [4.78, 5) is 38.8. The third-order valence-electron chi connectivity index (χ3n) is 6.42. The summed E-state index contributed by atoms with van der Waals surface area (Å²) in [5.41, 5.74) is 2.50. The maximum absolute atomic E-state index is 13.5. The van der Waals surface area contributed by atoms with Crippen LogP contribution in [0, 0.1) is 18.8 Å². The fraction of sp³-hybridized carbons (Fsp3) is 0.423. The molecule has 0 radical (unpaired) electrons. The Hall–Kier alpha value is -3.19. The van der Waals surface area contributed by atoms with Crippen LogP contribution in [0.1, 0.15) is 55.1 Å². The van der Waals surface area contributed by atoms with Crippen LogP contribution in [0.15, 0.2) is 42.5 Å². The Bertz CT molecular complexity index is 1080. The average molecular weight is 450 g/mol. The zero-order valence-corrected chi connectivity index (χ0v) is 19.5. The van der Waals surface area contributed by atoms with Crippen molar-refractivity contribution < 1.29 is 19.1 Å². The molecule has 2 aromatic rings. The van der Waals surface area contributed by atoms with Gasteiger partial charge < -0.3 is 15.4 Å². The summed E-state index contributed by atoms with van der Waals surface area (Å²) < 4.78 is 5.01. The van der Waals surface area contributed by atoms with E-state index >= 15 is 0 Å². The van der Waals surface area contributed by atoms with E-state index in [0.717, 1.165) is 23.2 Å². The highest BCUT2D eigenvalue weighted by molar-refractivity contribution is 6.10. The summed E-state index contributed by atoms with van der Waals surface area (Å²) in [5, 5.41) is 9.49. The van der Waals surface area contributed by atoms with Crippen LogP contribution < -0.4 is 16.0 Å². The maximum Gasteiger partial charge on any atom is 0.338 e. The summed E-state index contributed by atoms with van der Waals surface area (Å²) in [6, 6.07) is 12.5. The number of hydrogen-bond acceptors (Lipinski definition) is 5. The second-order valence-corrected chi connectivity index (χ2v) is 9.36. The van der Waals surface area contributed by atoms with Gasteiger partial charge in [0, 0.05) is 23.0 Å². The van der Waals surface area contributed by atoms with Gasteiger partial charge in [-0.15, -0.1) is 0 Å². The fourth-order valence-corrected chi connectivity index (χ4v) is 5.03. The third kappa shape index (κ3) is 4.25. The molecule has 2 aromatic carbocycles. The summed E-state index contributed by atoms with van der Waals surface area (Å²) in [7, 11) is 0. The van der Waals surface area contributed by atoms with Crippen molar-refractivity contribution in [2.75, 3.05) is 17.2 Å². The first kappa shape index (κ1) is 23.0. The summed E-state index contributed by atoms with van der Waals surface area (Å²) in [6.45, 7) is 8.31. The average Bonchev–Trinajstić information content (AvgIpc) is 3.27. The Morgan fingerprint density at radius 2 is 1.91 bits per heavy atom. The van der Waals surface area contributed by atoms with E-state index in [1.165, 1.54) is 0 Å². The number of rotatable bonds is 6.